The number of nitrogens with zero attached hydrogens (tertiary/aromatic N) is 1. The van der Waals surface area contributed by atoms with Crippen LogP contribution in [0.3, 0.4) is 0 Å². The summed E-state index contributed by atoms with van der Waals surface area (Å²) in [5, 5.41) is 14.2. The second-order valence-electron chi connectivity index (χ2n) is 5.79. The number of unbranched alkanes of at least 4 members (excludes halogenated alkanes) is 1. The fourth-order valence-corrected chi connectivity index (χ4v) is 2.73. The Labute approximate surface area is 120 Å². The van der Waals surface area contributed by atoms with Gasteiger partial charge in [0.15, 0.2) is 0 Å². The Balaban J connectivity index is 2.17. The van der Waals surface area contributed by atoms with Crippen LogP contribution in [0.25, 0.3) is 0 Å². The fourth-order valence-electron chi connectivity index (χ4n) is 2.73. The number of aliphatic carboxylic acids is 1. The van der Waals surface area contributed by atoms with E-state index in [1.807, 2.05) is 0 Å². The van der Waals surface area contributed by atoms with Gasteiger partial charge >= 0.3 is 12.0 Å². The van der Waals surface area contributed by atoms with Gasteiger partial charge in [0.1, 0.15) is 0 Å². The predicted octanol–water partition coefficient (Wildman–Crippen LogP) is 1.41. The monoisotopic (exact) mass is 285 g/mol. The van der Waals surface area contributed by atoms with Crippen LogP contribution >= 0.6 is 0 Å². The summed E-state index contributed by atoms with van der Waals surface area (Å²) in [6.07, 6.45) is 6.13. The molecule has 3 N–H and O–H groups in total. The number of hydrogen-bond donors (Lipinski definition) is 3. The molecule has 0 atom stereocenters. The van der Waals surface area contributed by atoms with E-state index in [-0.39, 0.29) is 18.0 Å². The zero-order valence-electron chi connectivity index (χ0n) is 12.6. The smallest absolute Gasteiger partial charge is 0.314 e. The van der Waals surface area contributed by atoms with Crippen molar-refractivity contribution in [2.75, 3.05) is 27.2 Å². The number of carbonyl (C=O) groups excluding carboxylic acids is 1. The van der Waals surface area contributed by atoms with Crippen LogP contribution in [0.4, 0.5) is 4.79 Å². The standard InChI is InChI=1S/C14H27N3O3/c1-17(2)14(8-4-5-9-14)11-16-13(20)15-10-6-3-7-12(18)19/h3-11H2,1-2H3,(H,18,19)(H2,15,16,20). The van der Waals surface area contributed by atoms with Crippen molar-refractivity contribution in [2.45, 2.75) is 50.5 Å². The minimum absolute atomic E-state index is 0.0979. The van der Waals surface area contributed by atoms with Crippen LogP contribution in [0.15, 0.2) is 0 Å². The predicted molar refractivity (Wildman–Crippen MR) is 77.8 cm³/mol. The summed E-state index contributed by atoms with van der Waals surface area (Å²) in [6, 6.07) is -0.159. The first-order valence-electron chi connectivity index (χ1n) is 7.37. The molecule has 0 radical (unpaired) electrons. The van der Waals surface area contributed by atoms with E-state index < -0.39 is 5.97 Å². The van der Waals surface area contributed by atoms with Crippen LogP contribution in [-0.2, 0) is 4.79 Å². The van der Waals surface area contributed by atoms with Gasteiger partial charge < -0.3 is 20.6 Å². The first kappa shape index (κ1) is 16.8. The minimum Gasteiger partial charge on any atom is -0.481 e. The molecule has 0 spiro atoms. The number of rotatable bonds is 8. The topological polar surface area (TPSA) is 81.7 Å². The van der Waals surface area contributed by atoms with Crippen molar-refractivity contribution in [3.8, 4) is 0 Å². The van der Waals surface area contributed by atoms with Crippen LogP contribution in [-0.4, -0.2) is 54.7 Å². The molecular formula is C14H27N3O3. The van der Waals surface area contributed by atoms with Gasteiger partial charge in [-0.3, -0.25) is 4.79 Å². The number of carbonyl (C=O) groups is 2. The van der Waals surface area contributed by atoms with Crippen molar-refractivity contribution in [1.82, 2.24) is 15.5 Å². The van der Waals surface area contributed by atoms with Crippen molar-refractivity contribution in [2.24, 2.45) is 0 Å². The lowest BCUT2D eigenvalue weighted by Gasteiger charge is -2.36. The van der Waals surface area contributed by atoms with E-state index in [0.717, 1.165) is 12.8 Å². The third-order valence-corrected chi connectivity index (χ3v) is 4.16. The highest BCUT2D eigenvalue weighted by Crippen LogP contribution is 2.32. The van der Waals surface area contributed by atoms with Gasteiger partial charge in [-0.1, -0.05) is 12.8 Å². The summed E-state index contributed by atoms with van der Waals surface area (Å²) in [7, 11) is 4.13. The normalized spacial score (nSPS) is 17.1. The maximum atomic E-state index is 11.7. The van der Waals surface area contributed by atoms with Crippen molar-refractivity contribution >= 4 is 12.0 Å². The maximum Gasteiger partial charge on any atom is 0.314 e. The molecule has 116 valence electrons. The van der Waals surface area contributed by atoms with Gasteiger partial charge in [0, 0.05) is 25.0 Å². The molecule has 1 fully saturated rings. The average Bonchev–Trinajstić information content (AvgIpc) is 2.85. The van der Waals surface area contributed by atoms with Gasteiger partial charge in [-0.25, -0.2) is 4.79 Å². The highest BCUT2D eigenvalue weighted by Gasteiger charge is 2.35. The van der Waals surface area contributed by atoms with Gasteiger partial charge in [-0.15, -0.1) is 0 Å². The number of carboxylic acids is 1. The lowest BCUT2D eigenvalue weighted by molar-refractivity contribution is -0.137. The first-order chi connectivity index (χ1) is 9.46. The minimum atomic E-state index is -0.788. The first-order valence-corrected chi connectivity index (χ1v) is 7.37. The Morgan fingerprint density at radius 3 is 2.35 bits per heavy atom. The molecule has 0 saturated heterocycles. The molecule has 20 heavy (non-hydrogen) atoms. The molecule has 0 aliphatic heterocycles. The molecule has 1 saturated carbocycles. The molecule has 6 nitrogen and oxygen atoms in total. The zero-order valence-corrected chi connectivity index (χ0v) is 12.6. The van der Waals surface area contributed by atoms with E-state index in [2.05, 4.69) is 29.6 Å². The molecule has 0 aromatic rings. The molecular weight excluding hydrogens is 258 g/mol. The molecule has 1 rings (SSSR count). The van der Waals surface area contributed by atoms with Gasteiger partial charge in [0.25, 0.3) is 0 Å². The largest absolute Gasteiger partial charge is 0.481 e. The Hall–Kier alpha value is -1.30. The molecule has 0 heterocycles. The molecule has 0 aromatic carbocycles. The number of likely N-dealkylation sites (N-methyl/N-ethyl adjacent to an activating group) is 1. The van der Waals surface area contributed by atoms with Crippen LogP contribution < -0.4 is 10.6 Å². The average molecular weight is 285 g/mol. The van der Waals surface area contributed by atoms with Crippen molar-refractivity contribution < 1.29 is 14.7 Å². The van der Waals surface area contributed by atoms with Crippen LogP contribution in [0.5, 0.6) is 0 Å². The van der Waals surface area contributed by atoms with Crippen LogP contribution in [0.2, 0.25) is 0 Å². The molecule has 0 aromatic heterocycles. The number of nitrogens with one attached hydrogen (secondary N) is 2. The van der Waals surface area contributed by atoms with E-state index in [1.165, 1.54) is 12.8 Å². The van der Waals surface area contributed by atoms with Crippen LogP contribution in [0, 0.1) is 0 Å². The SMILES string of the molecule is CN(C)C1(CNC(=O)NCCCCC(=O)O)CCCC1. The second kappa shape index (κ2) is 8.09. The van der Waals surface area contributed by atoms with Crippen LogP contribution in [0.1, 0.15) is 44.9 Å². The van der Waals surface area contributed by atoms with E-state index in [0.29, 0.717) is 25.9 Å². The summed E-state index contributed by atoms with van der Waals surface area (Å²) < 4.78 is 0. The maximum absolute atomic E-state index is 11.7. The zero-order chi connectivity index (χ0) is 15.0. The number of amides is 2. The Kier molecular flexibility index (Phi) is 6.78. The molecule has 0 unspecified atom stereocenters. The summed E-state index contributed by atoms with van der Waals surface area (Å²) in [5.74, 6) is -0.788. The van der Waals surface area contributed by atoms with E-state index in [9.17, 15) is 9.59 Å². The Morgan fingerprint density at radius 1 is 1.15 bits per heavy atom. The lowest BCUT2D eigenvalue weighted by atomic mass is 9.96. The fraction of sp³-hybridized carbons (Fsp3) is 0.857. The Bertz CT molecular complexity index is 326. The molecule has 0 bridgehead atoms. The number of hydrogen-bond acceptors (Lipinski definition) is 3. The number of carboxylic acid groups (broad SMARTS) is 1. The van der Waals surface area contributed by atoms with Crippen molar-refractivity contribution in [1.29, 1.82) is 0 Å². The Morgan fingerprint density at radius 2 is 1.80 bits per heavy atom. The highest BCUT2D eigenvalue weighted by atomic mass is 16.4. The summed E-state index contributed by atoms with van der Waals surface area (Å²) in [6.45, 7) is 1.19. The third-order valence-electron chi connectivity index (χ3n) is 4.16. The van der Waals surface area contributed by atoms with Gasteiger partial charge in [-0.05, 0) is 39.8 Å². The molecule has 1 aliphatic carbocycles. The van der Waals surface area contributed by atoms with Gasteiger partial charge in [0.2, 0.25) is 0 Å². The van der Waals surface area contributed by atoms with Crippen molar-refractivity contribution in [3.63, 3.8) is 0 Å². The van der Waals surface area contributed by atoms with E-state index >= 15 is 0 Å². The summed E-state index contributed by atoms with van der Waals surface area (Å²) in [4.78, 5) is 24.3. The van der Waals surface area contributed by atoms with Gasteiger partial charge in [-0.2, -0.15) is 0 Å². The quantitative estimate of drug-likeness (QED) is 0.589. The second-order valence-corrected chi connectivity index (χ2v) is 5.79. The molecule has 2 amide bonds. The highest BCUT2D eigenvalue weighted by molar-refractivity contribution is 5.73. The lowest BCUT2D eigenvalue weighted by Crippen LogP contribution is -2.52. The summed E-state index contributed by atoms with van der Waals surface area (Å²) in [5.41, 5.74) is 0.0979. The summed E-state index contributed by atoms with van der Waals surface area (Å²) >= 11 is 0. The number of urea groups is 1. The van der Waals surface area contributed by atoms with E-state index in [1.54, 1.807) is 0 Å². The van der Waals surface area contributed by atoms with Gasteiger partial charge in [0.05, 0.1) is 0 Å². The molecule has 1 aliphatic rings. The third kappa shape index (κ3) is 5.36. The van der Waals surface area contributed by atoms with E-state index in [4.69, 9.17) is 5.11 Å². The van der Waals surface area contributed by atoms with Crippen molar-refractivity contribution in [3.05, 3.63) is 0 Å². The molecule has 6 heteroatoms.